The Balaban J connectivity index is 3.25. The van der Waals surface area contributed by atoms with Crippen LogP contribution in [0, 0.1) is 11.8 Å². The molecule has 1 rings (SSSR count). The fourth-order valence-corrected chi connectivity index (χ4v) is 3.79. The quantitative estimate of drug-likeness (QED) is 0.288. The summed E-state index contributed by atoms with van der Waals surface area (Å²) >= 11 is 0. The second-order valence-corrected chi connectivity index (χ2v) is 8.09. The lowest BCUT2D eigenvalue weighted by molar-refractivity contribution is -0.138. The summed E-state index contributed by atoms with van der Waals surface area (Å²) < 4.78 is 10.2. The molecule has 0 saturated heterocycles. The highest BCUT2D eigenvalue weighted by molar-refractivity contribution is 5.93. The molecular weight excluding hydrogens is 400 g/mol. The van der Waals surface area contributed by atoms with Crippen molar-refractivity contribution in [1.82, 2.24) is 10.6 Å². The molecule has 0 aromatic carbocycles. The molecule has 0 aromatic heterocycles. The maximum absolute atomic E-state index is 12.5. The zero-order valence-electron chi connectivity index (χ0n) is 19.6. The highest BCUT2D eigenvalue weighted by Gasteiger charge is 2.37. The fraction of sp³-hybridized carbons (Fsp3) is 0.727. The second-order valence-electron chi connectivity index (χ2n) is 8.09. The van der Waals surface area contributed by atoms with Crippen LogP contribution in [0.5, 0.6) is 0 Å². The number of hydrogen-bond donors (Lipinski definition) is 3. The fourth-order valence-electron chi connectivity index (χ4n) is 3.79. The van der Waals surface area contributed by atoms with Gasteiger partial charge in [0.25, 0.3) is 0 Å². The molecule has 1 aliphatic rings. The lowest BCUT2D eigenvalue weighted by Gasteiger charge is -2.36. The Kier molecular flexibility index (Phi) is 11.1. The molecule has 0 saturated carbocycles. The normalized spacial score (nSPS) is 21.5. The molecule has 2 amide bonds. The average Bonchev–Trinajstić information content (AvgIpc) is 2.66. The third-order valence-corrected chi connectivity index (χ3v) is 5.27. The van der Waals surface area contributed by atoms with Crippen LogP contribution in [0.2, 0.25) is 0 Å². The van der Waals surface area contributed by atoms with Crippen LogP contribution in [0.1, 0.15) is 67.2 Å². The Bertz CT molecular complexity index is 685. The first-order valence-corrected chi connectivity index (χ1v) is 11.1. The van der Waals surface area contributed by atoms with Crippen molar-refractivity contribution in [1.29, 1.82) is 0 Å². The Morgan fingerprint density at radius 3 is 2.39 bits per heavy atom. The maximum atomic E-state index is 12.5. The molecule has 0 fully saturated rings. The van der Waals surface area contributed by atoms with Gasteiger partial charge in [0.1, 0.15) is 0 Å². The van der Waals surface area contributed by atoms with Gasteiger partial charge < -0.3 is 20.5 Å². The van der Waals surface area contributed by atoms with Gasteiger partial charge in [0.15, 0.2) is 5.96 Å². The molecule has 31 heavy (non-hydrogen) atoms. The molecular formula is C22H38N4O5. The van der Waals surface area contributed by atoms with Gasteiger partial charge in [-0.2, -0.15) is 0 Å². The Morgan fingerprint density at radius 1 is 1.23 bits per heavy atom. The van der Waals surface area contributed by atoms with Crippen LogP contribution < -0.4 is 16.4 Å². The van der Waals surface area contributed by atoms with Gasteiger partial charge in [-0.3, -0.25) is 10.1 Å². The van der Waals surface area contributed by atoms with E-state index < -0.39 is 18.1 Å². The summed E-state index contributed by atoms with van der Waals surface area (Å²) in [4.78, 5) is 40.7. The van der Waals surface area contributed by atoms with Crippen molar-refractivity contribution in [2.45, 2.75) is 85.4 Å². The van der Waals surface area contributed by atoms with Crippen LogP contribution in [0.25, 0.3) is 0 Å². The molecule has 0 spiro atoms. The van der Waals surface area contributed by atoms with Gasteiger partial charge in [-0.1, -0.05) is 32.8 Å². The van der Waals surface area contributed by atoms with E-state index in [9.17, 15) is 14.4 Å². The Labute approximate surface area is 185 Å². The summed E-state index contributed by atoms with van der Waals surface area (Å²) in [6.45, 7) is 11.2. The minimum atomic E-state index is -0.710. The average molecular weight is 439 g/mol. The third-order valence-electron chi connectivity index (χ3n) is 5.27. The number of alkyl carbamates (subject to hydrolysis) is 1. The number of carbonyl (C=O) groups is 3. The summed E-state index contributed by atoms with van der Waals surface area (Å²) in [6.07, 6.45) is 3.89. The van der Waals surface area contributed by atoms with Crippen molar-refractivity contribution in [2.24, 2.45) is 22.6 Å². The van der Waals surface area contributed by atoms with E-state index in [0.717, 1.165) is 19.3 Å². The minimum absolute atomic E-state index is 0.119. The zero-order chi connectivity index (χ0) is 23.6. The number of esters is 1. The van der Waals surface area contributed by atoms with Crippen molar-refractivity contribution in [3.8, 4) is 0 Å². The summed E-state index contributed by atoms with van der Waals surface area (Å²) in [5, 5.41) is 5.37. The molecule has 0 radical (unpaired) electrons. The van der Waals surface area contributed by atoms with Gasteiger partial charge >= 0.3 is 12.1 Å². The number of nitrogens with one attached hydrogen (secondary N) is 2. The summed E-state index contributed by atoms with van der Waals surface area (Å²) in [5.41, 5.74) is 6.45. The first-order chi connectivity index (χ1) is 14.6. The monoisotopic (exact) mass is 438 g/mol. The largest absolute Gasteiger partial charge is 0.463 e. The molecule has 9 nitrogen and oxygen atoms in total. The predicted octanol–water partition coefficient (Wildman–Crippen LogP) is 2.64. The number of nitrogens with zero attached hydrogens (tertiary/aromatic N) is 1. The van der Waals surface area contributed by atoms with Gasteiger partial charge in [-0.05, 0) is 33.1 Å². The number of rotatable bonds is 9. The molecule has 0 bridgehead atoms. The van der Waals surface area contributed by atoms with Gasteiger partial charge in [0.05, 0.1) is 24.8 Å². The summed E-state index contributed by atoms with van der Waals surface area (Å²) in [6, 6.07) is -0.898. The van der Waals surface area contributed by atoms with E-state index in [1.807, 2.05) is 6.08 Å². The van der Waals surface area contributed by atoms with Gasteiger partial charge in [-0.15, -0.1) is 0 Å². The lowest BCUT2D eigenvalue weighted by Crippen LogP contribution is -2.51. The van der Waals surface area contributed by atoms with Crippen molar-refractivity contribution in [3.05, 3.63) is 11.6 Å². The second kappa shape index (κ2) is 13.0. The first kappa shape index (κ1) is 26.5. The van der Waals surface area contributed by atoms with Gasteiger partial charge in [0.2, 0.25) is 5.91 Å². The molecule has 176 valence electrons. The standard InChI is InChI=1S/C22H38N4O5/c1-7-15(8-2)10-16-11-17(20(28)30-9-3)12-18(19(16)24-14(6)27)25-21(23)26-22(29)31-13(4)5/h11,13,15-16,18-19H,7-10,12H2,1-6H3,(H,24,27)(H3,23,25,26,29). The van der Waals surface area contributed by atoms with Crippen molar-refractivity contribution in [3.63, 3.8) is 0 Å². The van der Waals surface area contributed by atoms with Crippen LogP contribution >= 0.6 is 0 Å². The molecule has 0 aliphatic heterocycles. The molecule has 3 atom stereocenters. The molecule has 3 unspecified atom stereocenters. The van der Waals surface area contributed by atoms with E-state index in [1.54, 1.807) is 20.8 Å². The predicted molar refractivity (Wildman–Crippen MR) is 119 cm³/mol. The number of carbonyl (C=O) groups excluding carboxylic acids is 3. The number of amides is 2. The van der Waals surface area contributed by atoms with Gasteiger partial charge in [-0.25, -0.2) is 14.6 Å². The van der Waals surface area contributed by atoms with E-state index >= 15 is 0 Å². The van der Waals surface area contributed by atoms with Crippen LogP contribution in [-0.4, -0.2) is 48.7 Å². The zero-order valence-corrected chi connectivity index (χ0v) is 19.6. The van der Waals surface area contributed by atoms with Crippen LogP contribution in [-0.2, 0) is 19.1 Å². The third kappa shape index (κ3) is 8.98. The molecule has 9 heteroatoms. The van der Waals surface area contributed by atoms with Crippen molar-refractivity contribution in [2.75, 3.05) is 6.61 Å². The molecule has 4 N–H and O–H groups in total. The van der Waals surface area contributed by atoms with Gasteiger partial charge in [0, 0.05) is 24.8 Å². The molecule has 0 heterocycles. The summed E-state index contributed by atoms with van der Waals surface area (Å²) in [5.74, 6) is -0.411. The van der Waals surface area contributed by atoms with E-state index in [1.165, 1.54) is 6.92 Å². The number of hydrogen-bond acceptors (Lipinski definition) is 6. The van der Waals surface area contributed by atoms with Crippen molar-refractivity contribution >= 4 is 23.9 Å². The molecule has 0 aromatic rings. The first-order valence-electron chi connectivity index (χ1n) is 11.1. The van der Waals surface area contributed by atoms with Crippen LogP contribution in [0.4, 0.5) is 4.79 Å². The summed E-state index contributed by atoms with van der Waals surface area (Å²) in [7, 11) is 0. The minimum Gasteiger partial charge on any atom is -0.463 e. The number of ether oxygens (including phenoxy) is 2. The highest BCUT2D eigenvalue weighted by atomic mass is 16.6. The maximum Gasteiger partial charge on any atom is 0.414 e. The smallest absolute Gasteiger partial charge is 0.414 e. The van der Waals surface area contributed by atoms with E-state index in [-0.39, 0.29) is 43.0 Å². The highest BCUT2D eigenvalue weighted by Crippen LogP contribution is 2.33. The Hall–Kier alpha value is -2.58. The molecule has 1 aliphatic carbocycles. The van der Waals surface area contributed by atoms with E-state index in [2.05, 4.69) is 29.5 Å². The van der Waals surface area contributed by atoms with E-state index in [4.69, 9.17) is 15.2 Å². The number of nitrogens with two attached hydrogens (primary N) is 1. The van der Waals surface area contributed by atoms with E-state index in [0.29, 0.717) is 11.5 Å². The number of guanidine groups is 1. The lowest BCUT2D eigenvalue weighted by atomic mass is 9.77. The Morgan fingerprint density at radius 2 is 1.87 bits per heavy atom. The number of aliphatic imine (C=N–C) groups is 1. The topological polar surface area (TPSA) is 132 Å². The van der Waals surface area contributed by atoms with Crippen LogP contribution in [0.3, 0.4) is 0 Å². The van der Waals surface area contributed by atoms with Crippen molar-refractivity contribution < 1.29 is 23.9 Å². The SMILES string of the molecule is CCOC(=O)C1=CC(CC(CC)CC)C(NC(C)=O)C(N=C(N)NC(=O)OC(C)C)C1. The van der Waals surface area contributed by atoms with Crippen LogP contribution in [0.15, 0.2) is 16.6 Å².